The lowest BCUT2D eigenvalue weighted by Crippen LogP contribution is -2.29. The molecule has 0 unspecified atom stereocenters. The van der Waals surface area contributed by atoms with Crippen LogP contribution >= 0.6 is 0 Å². The molecule has 0 atom stereocenters. The number of hydrogen-bond acceptors (Lipinski definition) is 6. The van der Waals surface area contributed by atoms with Crippen molar-refractivity contribution < 1.29 is 4.79 Å². The molecule has 0 aliphatic heterocycles. The second kappa shape index (κ2) is 8.34. The summed E-state index contributed by atoms with van der Waals surface area (Å²) in [5, 5.41) is 22.7. The third-order valence-electron chi connectivity index (χ3n) is 4.36. The number of hydrogen-bond donors (Lipinski definition) is 2. The predicted octanol–water partition coefficient (Wildman–Crippen LogP) is 2.00. The Morgan fingerprint density at radius 1 is 1.00 bits per heavy atom. The Kier molecular flexibility index (Phi) is 5.28. The van der Waals surface area contributed by atoms with Crippen LogP contribution in [-0.2, 0) is 0 Å². The normalized spacial score (nSPS) is 10.7. The molecular formula is C20H20N8O. The second-order valence-electron chi connectivity index (χ2n) is 6.30. The predicted molar refractivity (Wildman–Crippen MR) is 108 cm³/mol. The summed E-state index contributed by atoms with van der Waals surface area (Å²) >= 11 is 0. The van der Waals surface area contributed by atoms with Gasteiger partial charge in [0.2, 0.25) is 0 Å². The van der Waals surface area contributed by atoms with Crippen LogP contribution < -0.4 is 10.6 Å². The van der Waals surface area contributed by atoms with Crippen LogP contribution in [0.1, 0.15) is 16.1 Å². The van der Waals surface area contributed by atoms with Gasteiger partial charge in [-0.1, -0.05) is 18.2 Å². The van der Waals surface area contributed by atoms with Crippen molar-refractivity contribution in [3.05, 3.63) is 78.4 Å². The smallest absolute Gasteiger partial charge is 0.254 e. The first-order valence-electron chi connectivity index (χ1n) is 9.18. The minimum atomic E-state index is -0.161. The minimum Gasteiger partial charge on any atom is -0.367 e. The number of aromatic nitrogens is 6. The van der Waals surface area contributed by atoms with E-state index in [1.165, 1.54) is 0 Å². The van der Waals surface area contributed by atoms with Gasteiger partial charge in [0.15, 0.2) is 5.82 Å². The number of nitrogens with one attached hydrogen (secondary N) is 2. The summed E-state index contributed by atoms with van der Waals surface area (Å²) in [6.45, 7) is 2.84. The molecule has 2 N–H and O–H groups in total. The van der Waals surface area contributed by atoms with Crippen molar-refractivity contribution in [2.24, 2.45) is 0 Å². The van der Waals surface area contributed by atoms with Crippen LogP contribution in [-0.4, -0.2) is 48.8 Å². The lowest BCUT2D eigenvalue weighted by Gasteiger charge is -2.08. The van der Waals surface area contributed by atoms with E-state index in [9.17, 15) is 4.79 Å². The van der Waals surface area contributed by atoms with Crippen LogP contribution in [0, 0.1) is 6.92 Å². The van der Waals surface area contributed by atoms with Crippen LogP contribution in [0.3, 0.4) is 0 Å². The average Bonchev–Trinajstić information content (AvgIpc) is 3.42. The molecule has 0 spiro atoms. The molecule has 0 radical (unpaired) electrons. The summed E-state index contributed by atoms with van der Waals surface area (Å²) in [6.07, 6.45) is 5.07. The fourth-order valence-corrected chi connectivity index (χ4v) is 2.87. The highest BCUT2D eigenvalue weighted by molar-refractivity contribution is 5.95. The Morgan fingerprint density at radius 3 is 2.59 bits per heavy atom. The van der Waals surface area contributed by atoms with Crippen molar-refractivity contribution in [1.29, 1.82) is 0 Å². The van der Waals surface area contributed by atoms with E-state index in [-0.39, 0.29) is 5.91 Å². The highest BCUT2D eigenvalue weighted by Gasteiger charge is 2.14. The summed E-state index contributed by atoms with van der Waals surface area (Å²) in [5.74, 6) is 1.11. The Labute approximate surface area is 167 Å². The molecular weight excluding hydrogens is 368 g/mol. The summed E-state index contributed by atoms with van der Waals surface area (Å²) in [7, 11) is 0. The number of benzene rings is 1. The van der Waals surface area contributed by atoms with E-state index in [1.54, 1.807) is 28.0 Å². The molecule has 1 aromatic carbocycles. The number of rotatable bonds is 7. The van der Waals surface area contributed by atoms with Gasteiger partial charge in [0.25, 0.3) is 5.91 Å². The summed E-state index contributed by atoms with van der Waals surface area (Å²) in [4.78, 5) is 12.5. The molecule has 4 rings (SSSR count). The summed E-state index contributed by atoms with van der Waals surface area (Å²) in [5.41, 5.74) is 2.27. The van der Waals surface area contributed by atoms with Gasteiger partial charge in [-0.25, -0.2) is 9.36 Å². The van der Waals surface area contributed by atoms with Crippen LogP contribution in [0.2, 0.25) is 0 Å². The molecule has 1 amide bonds. The maximum Gasteiger partial charge on any atom is 0.254 e. The monoisotopic (exact) mass is 388 g/mol. The standard InChI is InChI=1S/C20H20N8O/c1-15-17(14-24-28(15)16-6-3-2-4-7-16)20(29)22-12-11-21-18-8-9-19(26-25-18)27-13-5-10-23-27/h2-10,13-14H,11-12H2,1H3,(H,21,25)(H,22,29). The van der Waals surface area contributed by atoms with E-state index in [4.69, 9.17) is 0 Å². The van der Waals surface area contributed by atoms with E-state index >= 15 is 0 Å². The van der Waals surface area contributed by atoms with Crippen molar-refractivity contribution in [3.8, 4) is 11.5 Å². The fourth-order valence-electron chi connectivity index (χ4n) is 2.87. The SMILES string of the molecule is Cc1c(C(=O)NCCNc2ccc(-n3cccn3)nn2)cnn1-c1ccccc1. The zero-order valence-corrected chi connectivity index (χ0v) is 15.9. The van der Waals surface area contributed by atoms with Crippen LogP contribution in [0.15, 0.2) is 67.1 Å². The molecule has 0 saturated carbocycles. The quantitative estimate of drug-likeness (QED) is 0.470. The van der Waals surface area contributed by atoms with Gasteiger partial charge in [-0.05, 0) is 37.3 Å². The zero-order valence-electron chi connectivity index (χ0n) is 15.9. The highest BCUT2D eigenvalue weighted by Crippen LogP contribution is 2.13. The summed E-state index contributed by atoms with van der Waals surface area (Å²) < 4.78 is 3.39. The first-order valence-corrected chi connectivity index (χ1v) is 9.18. The Morgan fingerprint density at radius 2 is 1.86 bits per heavy atom. The van der Waals surface area contributed by atoms with Crippen molar-refractivity contribution >= 4 is 11.7 Å². The largest absolute Gasteiger partial charge is 0.367 e. The van der Waals surface area contributed by atoms with Gasteiger partial charge in [0.05, 0.1) is 23.1 Å². The molecule has 29 heavy (non-hydrogen) atoms. The molecule has 0 aliphatic rings. The molecule has 9 heteroatoms. The van der Waals surface area contributed by atoms with E-state index in [1.807, 2.05) is 55.5 Å². The maximum atomic E-state index is 12.5. The number of carbonyl (C=O) groups excluding carboxylic acids is 1. The third-order valence-corrected chi connectivity index (χ3v) is 4.36. The van der Waals surface area contributed by atoms with Gasteiger partial charge in [-0.3, -0.25) is 4.79 Å². The highest BCUT2D eigenvalue weighted by atomic mass is 16.1. The average molecular weight is 388 g/mol. The molecule has 0 bridgehead atoms. The van der Waals surface area contributed by atoms with E-state index < -0.39 is 0 Å². The Bertz CT molecular complexity index is 1070. The van der Waals surface area contributed by atoms with Crippen LogP contribution in [0.4, 0.5) is 5.82 Å². The Balaban J connectivity index is 1.29. The molecule has 0 saturated heterocycles. The third kappa shape index (κ3) is 4.13. The zero-order chi connectivity index (χ0) is 20.1. The number of nitrogens with zero attached hydrogens (tertiary/aromatic N) is 6. The van der Waals surface area contributed by atoms with Gasteiger partial charge in [0, 0.05) is 25.5 Å². The molecule has 3 aromatic heterocycles. The topological polar surface area (TPSA) is 103 Å². The van der Waals surface area contributed by atoms with Crippen LogP contribution in [0.5, 0.6) is 0 Å². The number of para-hydroxylation sites is 1. The number of carbonyl (C=O) groups is 1. The number of amides is 1. The lowest BCUT2D eigenvalue weighted by molar-refractivity contribution is 0.0954. The van der Waals surface area contributed by atoms with Crippen LogP contribution in [0.25, 0.3) is 11.5 Å². The van der Waals surface area contributed by atoms with Crippen molar-refractivity contribution in [2.75, 3.05) is 18.4 Å². The maximum absolute atomic E-state index is 12.5. The van der Waals surface area contributed by atoms with Crippen molar-refractivity contribution in [2.45, 2.75) is 6.92 Å². The van der Waals surface area contributed by atoms with E-state index in [0.717, 1.165) is 11.4 Å². The van der Waals surface area contributed by atoms with E-state index in [0.29, 0.717) is 30.3 Å². The summed E-state index contributed by atoms with van der Waals surface area (Å²) in [6, 6.07) is 15.2. The van der Waals surface area contributed by atoms with Gasteiger partial charge >= 0.3 is 0 Å². The van der Waals surface area contributed by atoms with Gasteiger partial charge < -0.3 is 10.6 Å². The lowest BCUT2D eigenvalue weighted by atomic mass is 10.2. The van der Waals surface area contributed by atoms with Crippen molar-refractivity contribution in [1.82, 2.24) is 35.1 Å². The number of anilines is 1. The Hall–Kier alpha value is -4.01. The minimum absolute atomic E-state index is 0.161. The fraction of sp³-hybridized carbons (Fsp3) is 0.150. The van der Waals surface area contributed by atoms with Gasteiger partial charge in [0.1, 0.15) is 5.82 Å². The second-order valence-corrected chi connectivity index (χ2v) is 6.30. The molecule has 146 valence electrons. The molecule has 4 aromatic rings. The van der Waals surface area contributed by atoms with Gasteiger partial charge in [-0.15, -0.1) is 10.2 Å². The first-order chi connectivity index (χ1) is 14.2. The molecule has 0 fully saturated rings. The van der Waals surface area contributed by atoms with Crippen molar-refractivity contribution in [3.63, 3.8) is 0 Å². The molecule has 3 heterocycles. The van der Waals surface area contributed by atoms with Gasteiger partial charge in [-0.2, -0.15) is 10.2 Å². The molecule has 0 aliphatic carbocycles. The first kappa shape index (κ1) is 18.4. The molecule has 9 nitrogen and oxygen atoms in total. The van der Waals surface area contributed by atoms with E-state index in [2.05, 4.69) is 31.0 Å².